The van der Waals surface area contributed by atoms with E-state index in [0.29, 0.717) is 11.3 Å². The van der Waals surface area contributed by atoms with Crippen LogP contribution in [0.3, 0.4) is 0 Å². The summed E-state index contributed by atoms with van der Waals surface area (Å²) in [6, 6.07) is 0. The molecule has 0 saturated heterocycles. The van der Waals surface area contributed by atoms with E-state index < -0.39 is 0 Å². The topological polar surface area (TPSA) is 38.0 Å². The highest BCUT2D eigenvalue weighted by Gasteiger charge is 2.26. The molecule has 2 heteroatoms. The highest BCUT2D eigenvalue weighted by Crippen LogP contribution is 2.28. The fraction of sp³-hybridized carbons (Fsp3) is 1.00. The molecule has 0 radical (unpaired) electrons. The van der Waals surface area contributed by atoms with Crippen molar-refractivity contribution < 1.29 is 0 Å². The summed E-state index contributed by atoms with van der Waals surface area (Å²) in [5.74, 6) is 0.711. The normalized spacial score (nSPS) is 22.4. The third kappa shape index (κ3) is 5.39. The second kappa shape index (κ2) is 6.19. The van der Waals surface area contributed by atoms with Gasteiger partial charge in [0.25, 0.3) is 0 Å². The van der Waals surface area contributed by atoms with Crippen LogP contribution < -0.4 is 11.1 Å². The lowest BCUT2D eigenvalue weighted by Gasteiger charge is -2.34. The molecule has 2 nitrogen and oxygen atoms in total. The third-order valence-corrected chi connectivity index (χ3v) is 4.58. The summed E-state index contributed by atoms with van der Waals surface area (Å²) >= 11 is 0. The minimum absolute atomic E-state index is 0.135. The van der Waals surface area contributed by atoms with Crippen LogP contribution in [-0.2, 0) is 0 Å². The van der Waals surface area contributed by atoms with E-state index in [1.807, 2.05) is 0 Å². The maximum absolute atomic E-state index is 6.42. The van der Waals surface area contributed by atoms with Crippen LogP contribution in [0.4, 0.5) is 0 Å². The molecular weight excluding hydrogens is 208 g/mol. The molecule has 17 heavy (non-hydrogen) atoms. The molecule has 1 atom stereocenters. The molecule has 1 aliphatic carbocycles. The molecule has 0 aromatic rings. The number of rotatable bonds is 5. The summed E-state index contributed by atoms with van der Waals surface area (Å²) in [5.41, 5.74) is 6.96. The van der Waals surface area contributed by atoms with Crippen molar-refractivity contribution in [3.8, 4) is 0 Å². The van der Waals surface area contributed by atoms with E-state index in [9.17, 15) is 0 Å². The van der Waals surface area contributed by atoms with Crippen molar-refractivity contribution in [2.45, 2.75) is 71.8 Å². The van der Waals surface area contributed by atoms with Gasteiger partial charge in [-0.05, 0) is 43.7 Å². The first-order valence-corrected chi connectivity index (χ1v) is 7.33. The predicted octanol–water partition coefficient (Wildman–Crippen LogP) is 3.31. The summed E-state index contributed by atoms with van der Waals surface area (Å²) < 4.78 is 0. The molecule has 102 valence electrons. The van der Waals surface area contributed by atoms with Crippen LogP contribution in [-0.4, -0.2) is 18.6 Å². The average Bonchev–Trinajstić information content (AvgIpc) is 2.24. The van der Waals surface area contributed by atoms with Crippen molar-refractivity contribution in [1.29, 1.82) is 0 Å². The molecular formula is C15H32N2. The van der Waals surface area contributed by atoms with E-state index in [0.717, 1.165) is 19.5 Å². The quantitative estimate of drug-likeness (QED) is 0.724. The molecule has 0 bridgehead atoms. The Balaban J connectivity index is 2.15. The van der Waals surface area contributed by atoms with Gasteiger partial charge in [-0.1, -0.05) is 47.0 Å². The lowest BCUT2D eigenvalue weighted by molar-refractivity contribution is 0.240. The zero-order valence-corrected chi connectivity index (χ0v) is 12.3. The summed E-state index contributed by atoms with van der Waals surface area (Å²) in [7, 11) is 0. The fourth-order valence-electron chi connectivity index (χ4n) is 2.47. The van der Waals surface area contributed by atoms with Crippen LogP contribution in [0.25, 0.3) is 0 Å². The standard InChI is InChI=1S/C15H32N2/c1-13(14(2,3)4)12-17-11-10-15(16)8-6-5-7-9-15/h13,17H,5-12,16H2,1-4H3. The first-order chi connectivity index (χ1) is 7.83. The fourth-order valence-corrected chi connectivity index (χ4v) is 2.47. The minimum atomic E-state index is 0.135. The Morgan fingerprint density at radius 1 is 1.18 bits per heavy atom. The molecule has 3 N–H and O–H groups in total. The van der Waals surface area contributed by atoms with Crippen LogP contribution in [0, 0.1) is 11.3 Å². The Morgan fingerprint density at radius 3 is 2.29 bits per heavy atom. The Hall–Kier alpha value is -0.0800. The Morgan fingerprint density at radius 2 is 1.76 bits per heavy atom. The molecule has 1 aliphatic rings. The molecule has 0 spiro atoms. The van der Waals surface area contributed by atoms with Crippen molar-refractivity contribution in [1.82, 2.24) is 5.32 Å². The first-order valence-electron chi connectivity index (χ1n) is 7.33. The van der Waals surface area contributed by atoms with Gasteiger partial charge in [-0.15, -0.1) is 0 Å². The summed E-state index contributed by atoms with van der Waals surface area (Å²) in [6.45, 7) is 11.4. The van der Waals surface area contributed by atoms with E-state index in [2.05, 4.69) is 33.0 Å². The van der Waals surface area contributed by atoms with Crippen LogP contribution in [0.15, 0.2) is 0 Å². The van der Waals surface area contributed by atoms with Crippen LogP contribution >= 0.6 is 0 Å². The van der Waals surface area contributed by atoms with Crippen molar-refractivity contribution in [2.24, 2.45) is 17.1 Å². The zero-order chi connectivity index (χ0) is 12.9. The SMILES string of the molecule is CC(CNCCC1(N)CCCCC1)C(C)(C)C. The van der Waals surface area contributed by atoms with Crippen molar-refractivity contribution in [3.05, 3.63) is 0 Å². The maximum Gasteiger partial charge on any atom is 0.0166 e. The summed E-state index contributed by atoms with van der Waals surface area (Å²) in [4.78, 5) is 0. The zero-order valence-electron chi connectivity index (χ0n) is 12.3. The number of hydrogen-bond donors (Lipinski definition) is 2. The van der Waals surface area contributed by atoms with Gasteiger partial charge in [-0.25, -0.2) is 0 Å². The van der Waals surface area contributed by atoms with Gasteiger partial charge in [0.05, 0.1) is 0 Å². The van der Waals surface area contributed by atoms with Crippen molar-refractivity contribution in [3.63, 3.8) is 0 Å². The summed E-state index contributed by atoms with van der Waals surface area (Å²) in [6.07, 6.45) is 7.63. The molecule has 1 fully saturated rings. The highest BCUT2D eigenvalue weighted by molar-refractivity contribution is 4.87. The average molecular weight is 240 g/mol. The lowest BCUT2D eigenvalue weighted by Crippen LogP contribution is -2.44. The Kier molecular flexibility index (Phi) is 5.46. The monoisotopic (exact) mass is 240 g/mol. The van der Waals surface area contributed by atoms with Gasteiger partial charge in [0.2, 0.25) is 0 Å². The van der Waals surface area contributed by atoms with Gasteiger partial charge in [0.1, 0.15) is 0 Å². The molecule has 1 saturated carbocycles. The molecule has 0 aromatic carbocycles. The van der Waals surface area contributed by atoms with E-state index in [1.54, 1.807) is 0 Å². The second-order valence-electron chi connectivity index (χ2n) is 7.14. The van der Waals surface area contributed by atoms with Gasteiger partial charge in [0.15, 0.2) is 0 Å². The summed E-state index contributed by atoms with van der Waals surface area (Å²) in [5, 5.41) is 3.58. The second-order valence-corrected chi connectivity index (χ2v) is 7.14. The highest BCUT2D eigenvalue weighted by atomic mass is 14.9. The third-order valence-electron chi connectivity index (χ3n) is 4.58. The van der Waals surface area contributed by atoms with Gasteiger partial charge in [-0.2, -0.15) is 0 Å². The molecule has 0 heterocycles. The molecule has 1 rings (SSSR count). The number of nitrogens with one attached hydrogen (secondary N) is 1. The van der Waals surface area contributed by atoms with Gasteiger partial charge < -0.3 is 11.1 Å². The minimum Gasteiger partial charge on any atom is -0.325 e. The van der Waals surface area contributed by atoms with Crippen LogP contribution in [0.2, 0.25) is 0 Å². The van der Waals surface area contributed by atoms with Gasteiger partial charge in [-0.3, -0.25) is 0 Å². The van der Waals surface area contributed by atoms with Crippen molar-refractivity contribution in [2.75, 3.05) is 13.1 Å². The van der Waals surface area contributed by atoms with Gasteiger partial charge in [0, 0.05) is 5.54 Å². The largest absolute Gasteiger partial charge is 0.325 e. The maximum atomic E-state index is 6.42. The van der Waals surface area contributed by atoms with Crippen LogP contribution in [0.1, 0.15) is 66.2 Å². The first kappa shape index (κ1) is 15.0. The van der Waals surface area contributed by atoms with E-state index >= 15 is 0 Å². The van der Waals surface area contributed by atoms with E-state index in [4.69, 9.17) is 5.73 Å². The number of nitrogens with two attached hydrogens (primary N) is 1. The molecule has 0 aromatic heterocycles. The van der Waals surface area contributed by atoms with E-state index in [1.165, 1.54) is 32.1 Å². The lowest BCUT2D eigenvalue weighted by atomic mass is 9.80. The molecule has 0 aliphatic heterocycles. The molecule has 0 amide bonds. The van der Waals surface area contributed by atoms with E-state index in [-0.39, 0.29) is 5.54 Å². The van der Waals surface area contributed by atoms with Crippen molar-refractivity contribution >= 4 is 0 Å². The Labute approximate surface area is 108 Å². The van der Waals surface area contributed by atoms with Gasteiger partial charge >= 0.3 is 0 Å². The smallest absolute Gasteiger partial charge is 0.0166 e. The predicted molar refractivity (Wildman–Crippen MR) is 76.1 cm³/mol. The molecule has 1 unspecified atom stereocenters. The number of hydrogen-bond acceptors (Lipinski definition) is 2. The van der Waals surface area contributed by atoms with Crippen LogP contribution in [0.5, 0.6) is 0 Å². The Bertz CT molecular complexity index is 211.